The van der Waals surface area contributed by atoms with Crippen LogP contribution in [0.4, 0.5) is 17.6 Å². The summed E-state index contributed by atoms with van der Waals surface area (Å²) >= 11 is 0. The number of carboxylic acid groups (broad SMARTS) is 2. The van der Waals surface area contributed by atoms with E-state index in [-0.39, 0.29) is 18.3 Å². The van der Waals surface area contributed by atoms with Gasteiger partial charge in [0.25, 0.3) is 0 Å². The van der Waals surface area contributed by atoms with Gasteiger partial charge in [-0.05, 0) is 24.6 Å². The molecule has 0 saturated heterocycles. The Labute approximate surface area is 123 Å². The molecule has 0 heterocycles. The average molecular weight is 325 g/mol. The molecular formula is C13H15F4NO4. The summed E-state index contributed by atoms with van der Waals surface area (Å²) in [5.74, 6) is -3.85. The maximum absolute atomic E-state index is 12.6. The van der Waals surface area contributed by atoms with Crippen LogP contribution in [0.3, 0.4) is 0 Å². The number of hydrogen-bond acceptors (Lipinski definition) is 3. The lowest BCUT2D eigenvalue weighted by Gasteiger charge is -2.13. The van der Waals surface area contributed by atoms with E-state index in [0.717, 1.165) is 5.56 Å². The molecular weight excluding hydrogens is 310 g/mol. The van der Waals surface area contributed by atoms with Crippen LogP contribution in [0.5, 0.6) is 0 Å². The molecule has 1 rings (SSSR count). The van der Waals surface area contributed by atoms with Gasteiger partial charge in [-0.1, -0.05) is 12.1 Å². The highest BCUT2D eigenvalue weighted by atomic mass is 19.4. The maximum atomic E-state index is 12.6. The van der Waals surface area contributed by atoms with E-state index in [4.69, 9.17) is 15.0 Å². The van der Waals surface area contributed by atoms with Crippen molar-refractivity contribution in [2.24, 2.45) is 0 Å². The van der Waals surface area contributed by atoms with Crippen molar-refractivity contribution in [1.29, 1.82) is 0 Å². The molecule has 0 aromatic heterocycles. The molecule has 1 aromatic rings. The van der Waals surface area contributed by atoms with Gasteiger partial charge < -0.3 is 15.5 Å². The summed E-state index contributed by atoms with van der Waals surface area (Å²) in [7, 11) is 0. The Morgan fingerprint density at radius 3 is 2.00 bits per heavy atom. The zero-order chi connectivity index (χ0) is 17.3. The Morgan fingerprint density at radius 1 is 1.18 bits per heavy atom. The molecule has 0 saturated carbocycles. The van der Waals surface area contributed by atoms with Gasteiger partial charge in [0.1, 0.15) is 5.82 Å². The SMILES string of the molecule is C[C@H](NCCC(=O)O)c1ccc(F)cc1.O=C(O)C(F)(F)F. The predicted molar refractivity (Wildman–Crippen MR) is 68.8 cm³/mol. The van der Waals surface area contributed by atoms with E-state index < -0.39 is 18.1 Å². The van der Waals surface area contributed by atoms with Crippen molar-refractivity contribution < 1.29 is 37.4 Å². The van der Waals surface area contributed by atoms with Crippen molar-refractivity contribution in [3.05, 3.63) is 35.6 Å². The summed E-state index contributed by atoms with van der Waals surface area (Å²) in [5, 5.41) is 18.6. The van der Waals surface area contributed by atoms with Gasteiger partial charge in [0.15, 0.2) is 0 Å². The Kier molecular flexibility index (Phi) is 8.10. The van der Waals surface area contributed by atoms with Gasteiger partial charge in [0.05, 0.1) is 6.42 Å². The molecule has 0 radical (unpaired) electrons. The number of carboxylic acids is 2. The van der Waals surface area contributed by atoms with Gasteiger partial charge in [0, 0.05) is 12.6 Å². The van der Waals surface area contributed by atoms with Crippen LogP contribution in [0, 0.1) is 5.82 Å². The monoisotopic (exact) mass is 325 g/mol. The quantitative estimate of drug-likeness (QED) is 0.725. The van der Waals surface area contributed by atoms with Gasteiger partial charge in [-0.3, -0.25) is 4.79 Å². The van der Waals surface area contributed by atoms with Crippen LogP contribution >= 0.6 is 0 Å². The Bertz CT molecular complexity index is 488. The fourth-order valence-corrected chi connectivity index (χ4v) is 1.26. The first-order valence-electron chi connectivity index (χ1n) is 6.04. The van der Waals surface area contributed by atoms with Crippen molar-refractivity contribution in [3.63, 3.8) is 0 Å². The number of halogens is 4. The fraction of sp³-hybridized carbons (Fsp3) is 0.385. The minimum atomic E-state index is -5.08. The lowest BCUT2D eigenvalue weighted by molar-refractivity contribution is -0.192. The van der Waals surface area contributed by atoms with E-state index in [9.17, 15) is 22.4 Å². The summed E-state index contributed by atoms with van der Waals surface area (Å²) in [5.41, 5.74) is 0.946. The van der Waals surface area contributed by atoms with Crippen molar-refractivity contribution in [2.45, 2.75) is 25.6 Å². The molecule has 0 aliphatic carbocycles. The first-order chi connectivity index (χ1) is 10.0. The average Bonchev–Trinajstić information content (AvgIpc) is 2.38. The number of alkyl halides is 3. The molecule has 0 unspecified atom stereocenters. The van der Waals surface area contributed by atoms with Crippen molar-refractivity contribution in [3.8, 4) is 0 Å². The number of carbonyl (C=O) groups is 2. The van der Waals surface area contributed by atoms with E-state index in [1.165, 1.54) is 12.1 Å². The van der Waals surface area contributed by atoms with Gasteiger partial charge in [-0.25, -0.2) is 9.18 Å². The van der Waals surface area contributed by atoms with Crippen LogP contribution in [0.2, 0.25) is 0 Å². The second-order valence-electron chi connectivity index (χ2n) is 4.17. The first-order valence-corrected chi connectivity index (χ1v) is 6.04. The molecule has 124 valence electrons. The Morgan fingerprint density at radius 2 is 1.64 bits per heavy atom. The second kappa shape index (κ2) is 8.98. The highest BCUT2D eigenvalue weighted by Crippen LogP contribution is 2.13. The van der Waals surface area contributed by atoms with Crippen molar-refractivity contribution in [1.82, 2.24) is 5.32 Å². The summed E-state index contributed by atoms with van der Waals surface area (Å²) in [4.78, 5) is 19.2. The number of nitrogens with one attached hydrogen (secondary N) is 1. The topological polar surface area (TPSA) is 86.6 Å². The molecule has 5 nitrogen and oxygen atoms in total. The van der Waals surface area contributed by atoms with E-state index in [1.807, 2.05) is 6.92 Å². The fourth-order valence-electron chi connectivity index (χ4n) is 1.26. The van der Waals surface area contributed by atoms with E-state index in [2.05, 4.69) is 5.32 Å². The zero-order valence-electron chi connectivity index (χ0n) is 11.5. The van der Waals surface area contributed by atoms with Gasteiger partial charge in [-0.2, -0.15) is 13.2 Å². The smallest absolute Gasteiger partial charge is 0.481 e. The zero-order valence-corrected chi connectivity index (χ0v) is 11.5. The van der Waals surface area contributed by atoms with Crippen LogP contribution in [0.15, 0.2) is 24.3 Å². The molecule has 0 amide bonds. The van der Waals surface area contributed by atoms with Crippen LogP contribution < -0.4 is 5.32 Å². The molecule has 1 aromatic carbocycles. The number of benzene rings is 1. The molecule has 0 aliphatic rings. The molecule has 0 bridgehead atoms. The minimum Gasteiger partial charge on any atom is -0.481 e. The third-order valence-corrected chi connectivity index (χ3v) is 2.40. The number of aliphatic carboxylic acids is 2. The number of rotatable bonds is 5. The number of hydrogen-bond donors (Lipinski definition) is 3. The molecule has 1 atom stereocenters. The second-order valence-corrected chi connectivity index (χ2v) is 4.17. The molecule has 0 fully saturated rings. The molecule has 0 aliphatic heterocycles. The van der Waals surface area contributed by atoms with Gasteiger partial charge in [-0.15, -0.1) is 0 Å². The summed E-state index contributed by atoms with van der Waals surface area (Å²) in [6.45, 7) is 2.32. The normalized spacial score (nSPS) is 12.0. The lowest BCUT2D eigenvalue weighted by Crippen LogP contribution is -2.21. The maximum Gasteiger partial charge on any atom is 0.490 e. The standard InChI is InChI=1S/C11H14FNO2.C2HF3O2/c1-8(13-7-6-11(14)15)9-2-4-10(12)5-3-9;3-2(4,5)1(6)7/h2-5,8,13H,6-7H2,1H3,(H,14,15);(H,6,7)/t8-;/m0./s1. The summed E-state index contributed by atoms with van der Waals surface area (Å²) in [6.07, 6.45) is -4.99. The Hall–Kier alpha value is -2.16. The predicted octanol–water partition coefficient (Wildman–Crippen LogP) is 2.58. The molecule has 3 N–H and O–H groups in total. The minimum absolute atomic E-state index is 0.0324. The molecule has 9 heteroatoms. The lowest BCUT2D eigenvalue weighted by atomic mass is 10.1. The largest absolute Gasteiger partial charge is 0.490 e. The molecule has 0 spiro atoms. The van der Waals surface area contributed by atoms with Crippen molar-refractivity contribution in [2.75, 3.05) is 6.54 Å². The third kappa shape index (κ3) is 8.90. The Balaban J connectivity index is 0.000000534. The van der Waals surface area contributed by atoms with Crippen LogP contribution in [0.1, 0.15) is 24.9 Å². The highest BCUT2D eigenvalue weighted by molar-refractivity contribution is 5.73. The first kappa shape index (κ1) is 19.8. The van der Waals surface area contributed by atoms with Crippen LogP contribution in [0.25, 0.3) is 0 Å². The van der Waals surface area contributed by atoms with Gasteiger partial charge in [0.2, 0.25) is 0 Å². The van der Waals surface area contributed by atoms with Crippen LogP contribution in [-0.2, 0) is 9.59 Å². The van der Waals surface area contributed by atoms with E-state index >= 15 is 0 Å². The van der Waals surface area contributed by atoms with Crippen molar-refractivity contribution >= 4 is 11.9 Å². The summed E-state index contributed by atoms with van der Waals surface area (Å²) < 4.78 is 44.3. The van der Waals surface area contributed by atoms with E-state index in [0.29, 0.717) is 6.54 Å². The molecule has 22 heavy (non-hydrogen) atoms. The summed E-state index contributed by atoms with van der Waals surface area (Å²) in [6, 6.07) is 6.20. The van der Waals surface area contributed by atoms with Gasteiger partial charge >= 0.3 is 18.1 Å². The van der Waals surface area contributed by atoms with E-state index in [1.54, 1.807) is 12.1 Å². The third-order valence-electron chi connectivity index (χ3n) is 2.40. The highest BCUT2D eigenvalue weighted by Gasteiger charge is 2.38. The van der Waals surface area contributed by atoms with Crippen LogP contribution in [-0.4, -0.2) is 34.9 Å².